The zero-order chi connectivity index (χ0) is 14.5. The molecule has 1 atom stereocenters. The Kier molecular flexibility index (Phi) is 4.51. The monoisotopic (exact) mass is 285 g/mol. The molecule has 0 amide bonds. The summed E-state index contributed by atoms with van der Waals surface area (Å²) in [5, 5.41) is 0. The predicted octanol–water partition coefficient (Wildman–Crippen LogP) is 3.73. The van der Waals surface area contributed by atoms with Crippen molar-refractivity contribution in [2.24, 2.45) is 5.92 Å². The van der Waals surface area contributed by atoms with E-state index in [-0.39, 0.29) is 5.82 Å². The van der Waals surface area contributed by atoms with Gasteiger partial charge in [0.2, 0.25) is 0 Å². The highest BCUT2D eigenvalue weighted by atomic mass is 19.1. The summed E-state index contributed by atoms with van der Waals surface area (Å²) in [6.07, 6.45) is 1.11. The van der Waals surface area contributed by atoms with Gasteiger partial charge in [-0.2, -0.15) is 0 Å². The van der Waals surface area contributed by atoms with E-state index in [0.29, 0.717) is 18.3 Å². The number of likely N-dealkylation sites (tertiary alicyclic amines) is 1. The molecule has 0 bridgehead atoms. The van der Waals surface area contributed by atoms with E-state index in [1.165, 1.54) is 11.6 Å². The summed E-state index contributed by atoms with van der Waals surface area (Å²) in [5.41, 5.74) is 1.34. The smallest absolute Gasteiger partial charge is 0.165 e. The summed E-state index contributed by atoms with van der Waals surface area (Å²) in [4.78, 5) is 2.44. The van der Waals surface area contributed by atoms with Crippen LogP contribution < -0.4 is 4.74 Å². The molecule has 2 aromatic rings. The fourth-order valence-electron chi connectivity index (χ4n) is 2.80. The predicted molar refractivity (Wildman–Crippen MR) is 81.7 cm³/mol. The molecular formula is C18H20FNO. The van der Waals surface area contributed by atoms with E-state index in [1.54, 1.807) is 18.2 Å². The minimum absolute atomic E-state index is 0.281. The first-order valence-corrected chi connectivity index (χ1v) is 7.45. The first kappa shape index (κ1) is 14.1. The van der Waals surface area contributed by atoms with Crippen LogP contribution in [0.4, 0.5) is 4.39 Å². The molecule has 0 saturated carbocycles. The number of rotatable bonds is 5. The molecule has 1 heterocycles. The highest BCUT2D eigenvalue weighted by molar-refractivity contribution is 5.23. The Bertz CT molecular complexity index is 572. The van der Waals surface area contributed by atoms with E-state index in [2.05, 4.69) is 29.2 Å². The summed E-state index contributed by atoms with van der Waals surface area (Å²) in [7, 11) is 0. The molecule has 110 valence electrons. The van der Waals surface area contributed by atoms with E-state index < -0.39 is 0 Å². The number of hydrogen-bond acceptors (Lipinski definition) is 2. The lowest BCUT2D eigenvalue weighted by Crippen LogP contribution is -2.22. The van der Waals surface area contributed by atoms with Gasteiger partial charge in [0.05, 0.1) is 6.61 Å². The van der Waals surface area contributed by atoms with Crippen molar-refractivity contribution in [1.29, 1.82) is 0 Å². The van der Waals surface area contributed by atoms with Crippen LogP contribution in [-0.4, -0.2) is 24.6 Å². The molecule has 1 aliphatic rings. The van der Waals surface area contributed by atoms with Gasteiger partial charge >= 0.3 is 0 Å². The quantitative estimate of drug-likeness (QED) is 0.830. The third-order valence-electron chi connectivity index (χ3n) is 3.93. The van der Waals surface area contributed by atoms with E-state index in [4.69, 9.17) is 4.74 Å². The van der Waals surface area contributed by atoms with Crippen LogP contribution in [0.25, 0.3) is 0 Å². The number of halogens is 1. The largest absolute Gasteiger partial charge is 0.490 e. The molecule has 2 nitrogen and oxygen atoms in total. The van der Waals surface area contributed by atoms with E-state index >= 15 is 0 Å². The molecular weight excluding hydrogens is 265 g/mol. The van der Waals surface area contributed by atoms with E-state index in [1.807, 2.05) is 6.07 Å². The van der Waals surface area contributed by atoms with Crippen molar-refractivity contribution in [3.05, 3.63) is 66.0 Å². The average molecular weight is 285 g/mol. The molecule has 0 unspecified atom stereocenters. The Morgan fingerprint density at radius 2 is 1.81 bits per heavy atom. The maximum atomic E-state index is 13.5. The summed E-state index contributed by atoms with van der Waals surface area (Å²) in [6, 6.07) is 17.1. The molecule has 0 N–H and O–H groups in total. The summed E-state index contributed by atoms with van der Waals surface area (Å²) < 4.78 is 19.1. The van der Waals surface area contributed by atoms with E-state index in [0.717, 1.165) is 26.1 Å². The van der Waals surface area contributed by atoms with Crippen LogP contribution in [0.15, 0.2) is 54.6 Å². The lowest BCUT2D eigenvalue weighted by Gasteiger charge is -2.16. The fourth-order valence-corrected chi connectivity index (χ4v) is 2.80. The SMILES string of the molecule is Fc1ccccc1OC[C@H]1CCN(Cc2ccccc2)C1. The lowest BCUT2D eigenvalue weighted by atomic mass is 10.1. The van der Waals surface area contributed by atoms with Gasteiger partial charge in [-0.05, 0) is 30.7 Å². The van der Waals surface area contributed by atoms with Crippen LogP contribution in [0.2, 0.25) is 0 Å². The molecule has 0 aliphatic carbocycles. The number of ether oxygens (including phenoxy) is 1. The van der Waals surface area contributed by atoms with Gasteiger partial charge in [-0.1, -0.05) is 42.5 Å². The zero-order valence-corrected chi connectivity index (χ0v) is 12.0. The van der Waals surface area contributed by atoms with Gasteiger partial charge in [0.1, 0.15) is 0 Å². The standard InChI is InChI=1S/C18H20FNO/c19-17-8-4-5-9-18(17)21-14-16-10-11-20(13-16)12-15-6-2-1-3-7-15/h1-9,16H,10-14H2/t16-/m0/s1. The minimum Gasteiger partial charge on any atom is -0.490 e. The third-order valence-corrected chi connectivity index (χ3v) is 3.93. The number of nitrogens with zero attached hydrogens (tertiary/aromatic N) is 1. The van der Waals surface area contributed by atoms with Gasteiger partial charge < -0.3 is 4.74 Å². The maximum Gasteiger partial charge on any atom is 0.165 e. The summed E-state index contributed by atoms with van der Waals surface area (Å²) in [6.45, 7) is 3.67. The van der Waals surface area contributed by atoms with Crippen LogP contribution >= 0.6 is 0 Å². The second-order valence-electron chi connectivity index (χ2n) is 5.62. The first-order valence-electron chi connectivity index (χ1n) is 7.45. The van der Waals surface area contributed by atoms with Crippen molar-refractivity contribution in [1.82, 2.24) is 4.90 Å². The van der Waals surface area contributed by atoms with Crippen molar-refractivity contribution in [3.8, 4) is 5.75 Å². The molecule has 3 heteroatoms. The van der Waals surface area contributed by atoms with Gasteiger partial charge in [0.25, 0.3) is 0 Å². The second kappa shape index (κ2) is 6.72. The normalized spacial score (nSPS) is 18.8. The summed E-state index contributed by atoms with van der Waals surface area (Å²) >= 11 is 0. The molecule has 0 spiro atoms. The zero-order valence-electron chi connectivity index (χ0n) is 12.0. The van der Waals surface area contributed by atoms with Crippen LogP contribution in [0.3, 0.4) is 0 Å². The van der Waals surface area contributed by atoms with Crippen molar-refractivity contribution in [2.75, 3.05) is 19.7 Å². The van der Waals surface area contributed by atoms with Crippen molar-refractivity contribution < 1.29 is 9.13 Å². The molecule has 1 aliphatic heterocycles. The Hall–Kier alpha value is -1.87. The molecule has 1 saturated heterocycles. The van der Waals surface area contributed by atoms with Crippen LogP contribution in [0, 0.1) is 11.7 Å². The topological polar surface area (TPSA) is 12.5 Å². The Morgan fingerprint density at radius 3 is 2.62 bits per heavy atom. The van der Waals surface area contributed by atoms with Crippen LogP contribution in [0.1, 0.15) is 12.0 Å². The van der Waals surface area contributed by atoms with Crippen molar-refractivity contribution in [2.45, 2.75) is 13.0 Å². The fraction of sp³-hybridized carbons (Fsp3) is 0.333. The highest BCUT2D eigenvalue weighted by Crippen LogP contribution is 2.21. The van der Waals surface area contributed by atoms with Gasteiger partial charge in [0.15, 0.2) is 11.6 Å². The Labute approximate surface area is 125 Å². The van der Waals surface area contributed by atoms with Crippen LogP contribution in [0.5, 0.6) is 5.75 Å². The number of benzene rings is 2. The Balaban J connectivity index is 1.48. The second-order valence-corrected chi connectivity index (χ2v) is 5.62. The van der Waals surface area contributed by atoms with Gasteiger partial charge in [0, 0.05) is 19.0 Å². The summed E-state index contributed by atoms with van der Waals surface area (Å²) in [5.74, 6) is 0.559. The maximum absolute atomic E-state index is 13.5. The molecule has 21 heavy (non-hydrogen) atoms. The molecule has 1 fully saturated rings. The van der Waals surface area contributed by atoms with Gasteiger partial charge in [-0.3, -0.25) is 4.90 Å². The number of hydrogen-bond donors (Lipinski definition) is 0. The highest BCUT2D eigenvalue weighted by Gasteiger charge is 2.23. The molecule has 3 rings (SSSR count). The average Bonchev–Trinajstić information content (AvgIpc) is 2.95. The van der Waals surface area contributed by atoms with E-state index in [9.17, 15) is 4.39 Å². The Morgan fingerprint density at radius 1 is 1.05 bits per heavy atom. The minimum atomic E-state index is -0.281. The first-order chi connectivity index (χ1) is 10.3. The van der Waals surface area contributed by atoms with Gasteiger partial charge in [-0.15, -0.1) is 0 Å². The molecule has 0 radical (unpaired) electrons. The lowest BCUT2D eigenvalue weighted by molar-refractivity contribution is 0.231. The van der Waals surface area contributed by atoms with Crippen LogP contribution in [-0.2, 0) is 6.54 Å². The van der Waals surface area contributed by atoms with Crippen molar-refractivity contribution >= 4 is 0 Å². The number of para-hydroxylation sites is 1. The third kappa shape index (κ3) is 3.82. The van der Waals surface area contributed by atoms with Crippen molar-refractivity contribution in [3.63, 3.8) is 0 Å². The molecule has 2 aromatic carbocycles. The van der Waals surface area contributed by atoms with Gasteiger partial charge in [-0.25, -0.2) is 4.39 Å². The molecule has 0 aromatic heterocycles.